The molecule has 0 aliphatic carbocycles. The summed E-state index contributed by atoms with van der Waals surface area (Å²) in [4.78, 5) is 14.7. The number of hydrogen-bond donors (Lipinski definition) is 1. The Kier molecular flexibility index (Phi) is 5.39. The Hall–Kier alpha value is -1.05. The second kappa shape index (κ2) is 6.40. The first-order valence-electron chi connectivity index (χ1n) is 6.09. The number of hydrogen-bond acceptors (Lipinski definition) is 2. The zero-order valence-corrected chi connectivity index (χ0v) is 11.0. The number of nitrogens with one attached hydrogen (secondary N) is 1. The quantitative estimate of drug-likeness (QED) is 0.797. The molecule has 0 spiro atoms. The van der Waals surface area contributed by atoms with E-state index in [1.807, 2.05) is 0 Å². The van der Waals surface area contributed by atoms with Crippen LogP contribution in [-0.4, -0.2) is 68.0 Å². The van der Waals surface area contributed by atoms with Gasteiger partial charge in [-0.05, 0) is 12.8 Å². The molecule has 1 rings (SSSR count). The minimum atomic E-state index is -4.00. The Balaban J connectivity index is 2.33. The Morgan fingerprint density at radius 2 is 1.89 bits per heavy atom. The molecule has 1 aliphatic heterocycles. The molecule has 0 saturated carbocycles. The topological polar surface area (TPSA) is 35.6 Å². The summed E-state index contributed by atoms with van der Waals surface area (Å²) >= 11 is 0. The van der Waals surface area contributed by atoms with Gasteiger partial charge in [-0.1, -0.05) is 0 Å². The van der Waals surface area contributed by atoms with E-state index < -0.39 is 18.9 Å². The third-order valence-electron chi connectivity index (χ3n) is 3.09. The van der Waals surface area contributed by atoms with Crippen LogP contribution >= 0.6 is 0 Å². The predicted octanol–water partition coefficient (Wildman–Crippen LogP) is 1.62. The van der Waals surface area contributed by atoms with Crippen molar-refractivity contribution in [3.8, 4) is 0 Å². The molecule has 0 atom stereocenters. The summed E-state index contributed by atoms with van der Waals surface area (Å²) in [5, 5.41) is 2.45. The first kappa shape index (κ1) is 16.0. The number of likely N-dealkylation sites (tertiary alicyclic amines) is 1. The van der Waals surface area contributed by atoms with Gasteiger partial charge in [-0.15, -0.1) is 0 Å². The van der Waals surface area contributed by atoms with Crippen LogP contribution < -0.4 is 5.32 Å². The molecule has 0 bridgehead atoms. The molecule has 1 heterocycles. The Morgan fingerprint density at radius 1 is 1.37 bits per heavy atom. The van der Waals surface area contributed by atoms with Crippen molar-refractivity contribution in [3.05, 3.63) is 0 Å². The molecule has 1 fully saturated rings. The van der Waals surface area contributed by atoms with E-state index in [2.05, 4.69) is 5.32 Å². The van der Waals surface area contributed by atoms with Gasteiger partial charge in [-0.3, -0.25) is 0 Å². The van der Waals surface area contributed by atoms with Gasteiger partial charge < -0.3 is 15.1 Å². The molecule has 1 saturated heterocycles. The minimum absolute atomic E-state index is 0.128. The van der Waals surface area contributed by atoms with Crippen LogP contribution in [0.1, 0.15) is 12.8 Å². The van der Waals surface area contributed by atoms with Crippen LogP contribution in [0.5, 0.6) is 0 Å². The van der Waals surface area contributed by atoms with Crippen LogP contribution in [0.2, 0.25) is 0 Å². The highest BCUT2D eigenvalue weighted by atomic mass is 19.3. The van der Waals surface area contributed by atoms with Gasteiger partial charge in [-0.2, -0.15) is 8.78 Å². The van der Waals surface area contributed by atoms with Gasteiger partial charge in [0.1, 0.15) is 0 Å². The third kappa shape index (κ3) is 4.52. The Morgan fingerprint density at radius 3 is 2.32 bits per heavy atom. The van der Waals surface area contributed by atoms with Gasteiger partial charge in [0.25, 0.3) is 0 Å². The second-order valence-corrected chi connectivity index (χ2v) is 4.88. The van der Waals surface area contributed by atoms with Crippen molar-refractivity contribution in [3.63, 3.8) is 0 Å². The predicted molar refractivity (Wildman–Crippen MR) is 62.6 cm³/mol. The van der Waals surface area contributed by atoms with E-state index in [0.717, 1.165) is 0 Å². The van der Waals surface area contributed by atoms with Crippen LogP contribution in [0, 0.1) is 0 Å². The van der Waals surface area contributed by atoms with Crippen molar-refractivity contribution in [2.24, 2.45) is 0 Å². The van der Waals surface area contributed by atoms with Crippen molar-refractivity contribution < 1.29 is 22.4 Å². The van der Waals surface area contributed by atoms with E-state index >= 15 is 0 Å². The van der Waals surface area contributed by atoms with E-state index in [1.54, 1.807) is 19.0 Å². The summed E-state index contributed by atoms with van der Waals surface area (Å²) in [5.74, 6) is -4.00. The number of amides is 2. The fraction of sp³-hybridized carbons (Fsp3) is 0.909. The number of piperidine rings is 1. The van der Waals surface area contributed by atoms with E-state index in [-0.39, 0.29) is 12.1 Å². The standard InChI is InChI=1S/C11H19F4N3O/c1-17(2)10(19)18-5-3-8(4-6-18)16-7-11(14,15)9(12)13/h8-9,16H,3-7H2,1-2H3. The molecule has 0 aromatic heterocycles. The molecule has 0 aromatic carbocycles. The number of rotatable bonds is 4. The fourth-order valence-electron chi connectivity index (χ4n) is 1.92. The highest BCUT2D eigenvalue weighted by molar-refractivity contribution is 5.73. The van der Waals surface area contributed by atoms with Gasteiger partial charge in [0.2, 0.25) is 0 Å². The molecule has 112 valence electrons. The van der Waals surface area contributed by atoms with E-state index in [1.165, 1.54) is 4.90 Å². The van der Waals surface area contributed by atoms with Gasteiger partial charge in [0.15, 0.2) is 0 Å². The molecule has 0 aromatic rings. The molecule has 1 aliphatic rings. The lowest BCUT2D eigenvalue weighted by Crippen LogP contribution is -2.50. The zero-order chi connectivity index (χ0) is 14.6. The third-order valence-corrected chi connectivity index (χ3v) is 3.09. The molecule has 4 nitrogen and oxygen atoms in total. The van der Waals surface area contributed by atoms with E-state index in [9.17, 15) is 22.4 Å². The molecule has 1 N–H and O–H groups in total. The van der Waals surface area contributed by atoms with Crippen LogP contribution in [0.15, 0.2) is 0 Å². The summed E-state index contributed by atoms with van der Waals surface area (Å²) in [5.41, 5.74) is 0. The first-order valence-corrected chi connectivity index (χ1v) is 6.09. The highest BCUT2D eigenvalue weighted by Crippen LogP contribution is 2.22. The summed E-state index contributed by atoms with van der Waals surface area (Å²) in [7, 11) is 3.27. The Labute approximate surface area is 109 Å². The normalized spacial score (nSPS) is 17.9. The van der Waals surface area contributed by atoms with Gasteiger partial charge >= 0.3 is 18.4 Å². The molecule has 8 heteroatoms. The number of carbonyl (C=O) groups is 1. The second-order valence-electron chi connectivity index (χ2n) is 4.88. The van der Waals surface area contributed by atoms with Crippen molar-refractivity contribution in [2.75, 3.05) is 33.7 Å². The maximum Gasteiger partial charge on any atom is 0.319 e. The monoisotopic (exact) mass is 285 g/mol. The average Bonchev–Trinajstić information content (AvgIpc) is 2.36. The first-order chi connectivity index (χ1) is 8.74. The number of alkyl halides is 4. The van der Waals surface area contributed by atoms with Crippen LogP contribution in [0.25, 0.3) is 0 Å². The van der Waals surface area contributed by atoms with Gasteiger partial charge in [-0.25, -0.2) is 13.6 Å². The van der Waals surface area contributed by atoms with Gasteiger partial charge in [0, 0.05) is 33.2 Å². The fourth-order valence-corrected chi connectivity index (χ4v) is 1.92. The van der Waals surface area contributed by atoms with E-state index in [4.69, 9.17) is 0 Å². The lowest BCUT2D eigenvalue weighted by atomic mass is 10.1. The van der Waals surface area contributed by atoms with Crippen molar-refractivity contribution >= 4 is 6.03 Å². The van der Waals surface area contributed by atoms with Crippen LogP contribution in [0.3, 0.4) is 0 Å². The number of nitrogens with zero attached hydrogens (tertiary/aromatic N) is 2. The SMILES string of the molecule is CN(C)C(=O)N1CCC(NCC(F)(F)C(F)F)CC1. The molecule has 0 radical (unpaired) electrons. The summed E-state index contributed by atoms with van der Waals surface area (Å²) in [6, 6.07) is -0.382. The molecular formula is C11H19F4N3O. The summed E-state index contributed by atoms with van der Waals surface area (Å²) in [6.07, 6.45) is -2.69. The molecule has 0 unspecified atom stereocenters. The zero-order valence-electron chi connectivity index (χ0n) is 11.0. The highest BCUT2D eigenvalue weighted by Gasteiger charge is 2.40. The number of carbonyl (C=O) groups excluding carboxylic acids is 1. The summed E-state index contributed by atoms with van der Waals surface area (Å²) in [6.45, 7) is -0.152. The molecular weight excluding hydrogens is 266 g/mol. The average molecular weight is 285 g/mol. The minimum Gasteiger partial charge on any atom is -0.331 e. The van der Waals surface area contributed by atoms with Crippen molar-refractivity contribution in [2.45, 2.75) is 31.2 Å². The van der Waals surface area contributed by atoms with Crippen molar-refractivity contribution in [1.29, 1.82) is 0 Å². The van der Waals surface area contributed by atoms with Gasteiger partial charge in [0.05, 0.1) is 6.54 Å². The molecule has 19 heavy (non-hydrogen) atoms. The lowest BCUT2D eigenvalue weighted by molar-refractivity contribution is -0.126. The number of urea groups is 1. The summed E-state index contributed by atoms with van der Waals surface area (Å²) < 4.78 is 49.4. The van der Waals surface area contributed by atoms with Crippen LogP contribution in [0.4, 0.5) is 22.4 Å². The molecule has 2 amide bonds. The maximum absolute atomic E-state index is 12.7. The Bertz CT molecular complexity index is 304. The van der Waals surface area contributed by atoms with Crippen LogP contribution in [-0.2, 0) is 0 Å². The lowest BCUT2D eigenvalue weighted by Gasteiger charge is -2.34. The van der Waals surface area contributed by atoms with Crippen molar-refractivity contribution in [1.82, 2.24) is 15.1 Å². The van der Waals surface area contributed by atoms with E-state index in [0.29, 0.717) is 25.9 Å². The largest absolute Gasteiger partial charge is 0.331 e. The number of halogens is 4. The smallest absolute Gasteiger partial charge is 0.319 e. The maximum atomic E-state index is 12.7.